The molecule has 1 aliphatic heterocycles. The van der Waals surface area contributed by atoms with Gasteiger partial charge in [-0.25, -0.2) is 0 Å². The molecule has 0 atom stereocenters. The number of benzene rings is 2. The van der Waals surface area contributed by atoms with Crippen LogP contribution in [-0.2, 0) is 17.8 Å². The van der Waals surface area contributed by atoms with Crippen molar-refractivity contribution in [3.8, 4) is 0 Å². The minimum absolute atomic E-state index is 0.224. The van der Waals surface area contributed by atoms with E-state index in [9.17, 15) is 4.79 Å². The molecule has 1 aliphatic rings. The zero-order valence-electron chi connectivity index (χ0n) is 14.7. The van der Waals surface area contributed by atoms with Gasteiger partial charge in [0.15, 0.2) is 0 Å². The second-order valence-corrected chi connectivity index (χ2v) is 6.56. The standard InChI is InChI=1S/C21H27N3O/c25-21(18-23-15-12-22-13-16-23)24(17-20-9-5-2-6-10-20)14-11-19-7-3-1-4-8-19/h1-10,22H,11-18H2. The number of nitrogens with one attached hydrogen (secondary N) is 1. The van der Waals surface area contributed by atoms with Gasteiger partial charge in [-0.2, -0.15) is 0 Å². The lowest BCUT2D eigenvalue weighted by Gasteiger charge is -2.30. The molecule has 0 radical (unpaired) electrons. The molecule has 2 aromatic carbocycles. The van der Waals surface area contributed by atoms with Crippen LogP contribution in [0.15, 0.2) is 60.7 Å². The smallest absolute Gasteiger partial charge is 0.237 e. The van der Waals surface area contributed by atoms with Crippen molar-refractivity contribution in [2.45, 2.75) is 13.0 Å². The largest absolute Gasteiger partial charge is 0.337 e. The van der Waals surface area contributed by atoms with E-state index in [0.29, 0.717) is 13.1 Å². The average molecular weight is 337 g/mol. The summed E-state index contributed by atoms with van der Waals surface area (Å²) in [4.78, 5) is 17.2. The number of piperazine rings is 1. The second kappa shape index (κ2) is 9.35. The third-order valence-electron chi connectivity index (χ3n) is 4.65. The van der Waals surface area contributed by atoms with Crippen molar-refractivity contribution in [1.82, 2.24) is 15.1 Å². The zero-order valence-corrected chi connectivity index (χ0v) is 14.7. The Labute approximate surface area is 150 Å². The summed E-state index contributed by atoms with van der Waals surface area (Å²) < 4.78 is 0. The Morgan fingerprint density at radius 1 is 0.920 bits per heavy atom. The topological polar surface area (TPSA) is 35.6 Å². The summed E-state index contributed by atoms with van der Waals surface area (Å²) in [6, 6.07) is 20.7. The molecular weight excluding hydrogens is 310 g/mol. The summed E-state index contributed by atoms with van der Waals surface area (Å²) in [5, 5.41) is 3.34. The van der Waals surface area contributed by atoms with Gasteiger partial charge in [0.05, 0.1) is 6.54 Å². The number of carbonyl (C=O) groups is 1. The Morgan fingerprint density at radius 2 is 1.52 bits per heavy atom. The maximum absolute atomic E-state index is 12.9. The molecule has 1 N–H and O–H groups in total. The fraction of sp³-hybridized carbons (Fsp3) is 0.381. The molecule has 4 heteroatoms. The van der Waals surface area contributed by atoms with Crippen molar-refractivity contribution in [2.24, 2.45) is 0 Å². The van der Waals surface area contributed by atoms with E-state index >= 15 is 0 Å². The molecule has 0 unspecified atom stereocenters. The van der Waals surface area contributed by atoms with Gasteiger partial charge in [0.25, 0.3) is 0 Å². The molecule has 0 bridgehead atoms. The highest BCUT2D eigenvalue weighted by Gasteiger charge is 2.19. The normalized spacial score (nSPS) is 15.0. The van der Waals surface area contributed by atoms with Crippen molar-refractivity contribution in [3.05, 3.63) is 71.8 Å². The van der Waals surface area contributed by atoms with Crippen LogP contribution in [-0.4, -0.2) is 55.0 Å². The van der Waals surface area contributed by atoms with E-state index in [-0.39, 0.29) is 5.91 Å². The summed E-state index contributed by atoms with van der Waals surface area (Å²) in [5.74, 6) is 0.224. The van der Waals surface area contributed by atoms with Gasteiger partial charge in [-0.1, -0.05) is 60.7 Å². The lowest BCUT2D eigenvalue weighted by molar-refractivity contribution is -0.133. The number of hydrogen-bond donors (Lipinski definition) is 1. The minimum Gasteiger partial charge on any atom is -0.337 e. The average Bonchev–Trinajstić information content (AvgIpc) is 2.67. The summed E-state index contributed by atoms with van der Waals surface area (Å²) >= 11 is 0. The highest BCUT2D eigenvalue weighted by atomic mass is 16.2. The molecule has 1 heterocycles. The van der Waals surface area contributed by atoms with E-state index in [1.165, 1.54) is 11.1 Å². The lowest BCUT2D eigenvalue weighted by atomic mass is 10.1. The number of rotatable bonds is 7. The fourth-order valence-electron chi connectivity index (χ4n) is 3.17. The first-order valence-electron chi connectivity index (χ1n) is 9.10. The van der Waals surface area contributed by atoms with Gasteiger partial charge >= 0.3 is 0 Å². The molecule has 2 aromatic rings. The SMILES string of the molecule is O=C(CN1CCNCC1)N(CCc1ccccc1)Cc1ccccc1. The monoisotopic (exact) mass is 337 g/mol. The number of carbonyl (C=O) groups excluding carboxylic acids is 1. The third kappa shape index (κ3) is 5.69. The molecule has 3 rings (SSSR count). The van der Waals surface area contributed by atoms with Gasteiger partial charge in [0.1, 0.15) is 0 Å². The lowest BCUT2D eigenvalue weighted by Crippen LogP contribution is -2.48. The third-order valence-corrected chi connectivity index (χ3v) is 4.65. The number of hydrogen-bond acceptors (Lipinski definition) is 3. The van der Waals surface area contributed by atoms with Crippen molar-refractivity contribution in [1.29, 1.82) is 0 Å². The summed E-state index contributed by atoms with van der Waals surface area (Å²) in [6.07, 6.45) is 0.890. The van der Waals surface area contributed by atoms with Crippen LogP contribution in [0.5, 0.6) is 0 Å². The quantitative estimate of drug-likeness (QED) is 0.841. The Bertz CT molecular complexity index is 639. The van der Waals surface area contributed by atoms with Gasteiger partial charge in [-0.3, -0.25) is 9.69 Å². The first kappa shape index (κ1) is 17.6. The van der Waals surface area contributed by atoms with Gasteiger partial charge in [0, 0.05) is 39.3 Å². The molecule has 1 saturated heterocycles. The summed E-state index contributed by atoms with van der Waals surface area (Å²) in [5.41, 5.74) is 2.46. The Balaban J connectivity index is 1.63. The van der Waals surface area contributed by atoms with Gasteiger partial charge in [-0.05, 0) is 17.5 Å². The molecule has 1 amide bonds. The molecule has 1 fully saturated rings. The molecule has 132 valence electrons. The maximum atomic E-state index is 12.9. The van der Waals surface area contributed by atoms with E-state index in [4.69, 9.17) is 0 Å². The minimum atomic E-state index is 0.224. The molecule has 0 aromatic heterocycles. The van der Waals surface area contributed by atoms with Crippen LogP contribution in [0.25, 0.3) is 0 Å². The predicted octanol–water partition coefficient (Wildman–Crippen LogP) is 2.16. The summed E-state index contributed by atoms with van der Waals surface area (Å²) in [6.45, 7) is 5.78. The van der Waals surface area contributed by atoms with Crippen LogP contribution in [0.2, 0.25) is 0 Å². The Kier molecular flexibility index (Phi) is 6.60. The highest BCUT2D eigenvalue weighted by molar-refractivity contribution is 5.78. The fourth-order valence-corrected chi connectivity index (χ4v) is 3.17. The molecule has 0 saturated carbocycles. The van der Waals surface area contributed by atoms with Crippen molar-refractivity contribution in [2.75, 3.05) is 39.3 Å². The second-order valence-electron chi connectivity index (χ2n) is 6.56. The molecule has 0 aliphatic carbocycles. The van der Waals surface area contributed by atoms with E-state index in [1.807, 2.05) is 29.2 Å². The van der Waals surface area contributed by atoms with Crippen LogP contribution in [0.3, 0.4) is 0 Å². The van der Waals surface area contributed by atoms with Crippen LogP contribution in [0.4, 0.5) is 0 Å². The molecule has 25 heavy (non-hydrogen) atoms. The van der Waals surface area contributed by atoms with Gasteiger partial charge < -0.3 is 10.2 Å². The van der Waals surface area contributed by atoms with E-state index in [0.717, 1.165) is 39.1 Å². The predicted molar refractivity (Wildman–Crippen MR) is 101 cm³/mol. The van der Waals surface area contributed by atoms with E-state index < -0.39 is 0 Å². The molecule has 0 spiro atoms. The number of amides is 1. The zero-order chi connectivity index (χ0) is 17.3. The summed E-state index contributed by atoms with van der Waals surface area (Å²) in [7, 11) is 0. The molecule has 4 nitrogen and oxygen atoms in total. The number of nitrogens with zero attached hydrogens (tertiary/aromatic N) is 2. The van der Waals surface area contributed by atoms with Crippen LogP contribution in [0, 0.1) is 0 Å². The Morgan fingerprint density at radius 3 is 2.16 bits per heavy atom. The van der Waals surface area contributed by atoms with Crippen LogP contribution >= 0.6 is 0 Å². The van der Waals surface area contributed by atoms with Crippen molar-refractivity contribution >= 4 is 5.91 Å². The first-order valence-corrected chi connectivity index (χ1v) is 9.10. The van der Waals surface area contributed by atoms with Crippen LogP contribution < -0.4 is 5.32 Å². The van der Waals surface area contributed by atoms with Gasteiger partial charge in [0.2, 0.25) is 5.91 Å². The van der Waals surface area contributed by atoms with Crippen LogP contribution in [0.1, 0.15) is 11.1 Å². The highest BCUT2D eigenvalue weighted by Crippen LogP contribution is 2.09. The first-order chi connectivity index (χ1) is 12.3. The van der Waals surface area contributed by atoms with E-state index in [1.54, 1.807) is 0 Å². The van der Waals surface area contributed by atoms with Crippen molar-refractivity contribution in [3.63, 3.8) is 0 Å². The molecular formula is C21H27N3O. The Hall–Kier alpha value is -2.17. The van der Waals surface area contributed by atoms with E-state index in [2.05, 4.69) is 46.6 Å². The van der Waals surface area contributed by atoms with Crippen molar-refractivity contribution < 1.29 is 4.79 Å². The van der Waals surface area contributed by atoms with Gasteiger partial charge in [-0.15, -0.1) is 0 Å². The maximum Gasteiger partial charge on any atom is 0.237 e.